The van der Waals surface area contributed by atoms with Crippen LogP contribution in [0.15, 0.2) is 48.5 Å². The number of hydrogen-bond donors (Lipinski definition) is 3. The number of aryl methyl sites for hydroxylation is 1. The summed E-state index contributed by atoms with van der Waals surface area (Å²) in [4.78, 5) is 41.6. The third-order valence-corrected chi connectivity index (χ3v) is 4.98. The fraction of sp³-hybridized carbons (Fsp3) is 0.286. The van der Waals surface area contributed by atoms with E-state index in [0.717, 1.165) is 5.56 Å². The second-order valence-corrected chi connectivity index (χ2v) is 7.39. The molecule has 1 aliphatic heterocycles. The highest BCUT2D eigenvalue weighted by Crippen LogP contribution is 2.21. The molecule has 158 valence electrons. The fourth-order valence-corrected chi connectivity index (χ4v) is 3.42. The molecule has 1 aliphatic rings. The predicted molar refractivity (Wildman–Crippen MR) is 115 cm³/mol. The third kappa shape index (κ3) is 4.90. The number of halogens is 1. The van der Waals surface area contributed by atoms with E-state index in [1.54, 1.807) is 42.5 Å². The predicted octanol–water partition coefficient (Wildman–Crippen LogP) is 2.04. The Morgan fingerprint density at radius 2 is 1.80 bits per heavy atom. The van der Waals surface area contributed by atoms with Gasteiger partial charge in [0.25, 0.3) is 11.8 Å². The zero-order valence-electron chi connectivity index (χ0n) is 16.6. The number of rotatable bonds is 5. The quantitative estimate of drug-likeness (QED) is 0.675. The largest absolute Gasteiger partial charge is 0.351 e. The van der Waals surface area contributed by atoms with Crippen LogP contribution in [-0.4, -0.2) is 60.0 Å². The summed E-state index contributed by atoms with van der Waals surface area (Å²) in [5.74, 6) is -0.765. The molecule has 2 aromatic carbocycles. The van der Waals surface area contributed by atoms with Crippen molar-refractivity contribution in [3.05, 3.63) is 64.7 Å². The number of benzene rings is 2. The molecule has 0 bridgehead atoms. The number of carbonyl (C=O) groups is 3. The summed E-state index contributed by atoms with van der Waals surface area (Å²) in [7, 11) is 0. The number of amides is 4. The Morgan fingerprint density at radius 3 is 2.47 bits per heavy atom. The molecule has 1 heterocycles. The van der Waals surface area contributed by atoms with Crippen LogP contribution in [0.4, 0.5) is 10.5 Å². The highest BCUT2D eigenvalue weighted by Gasteiger charge is 2.42. The van der Waals surface area contributed by atoms with Gasteiger partial charge in [-0.1, -0.05) is 29.3 Å². The molecule has 1 unspecified atom stereocenters. The highest BCUT2D eigenvalue weighted by atomic mass is 35.5. The van der Waals surface area contributed by atoms with Gasteiger partial charge in [0.15, 0.2) is 6.17 Å². The molecule has 0 spiro atoms. The van der Waals surface area contributed by atoms with Crippen molar-refractivity contribution in [3.8, 4) is 0 Å². The molecule has 8 nitrogen and oxygen atoms in total. The lowest BCUT2D eigenvalue weighted by Crippen LogP contribution is -2.55. The zero-order valence-corrected chi connectivity index (χ0v) is 17.4. The normalized spacial score (nSPS) is 15.8. The summed E-state index contributed by atoms with van der Waals surface area (Å²) in [6.45, 7) is 2.84. The zero-order chi connectivity index (χ0) is 21.7. The van der Waals surface area contributed by atoms with Crippen molar-refractivity contribution in [2.75, 3.05) is 31.5 Å². The van der Waals surface area contributed by atoms with Crippen LogP contribution >= 0.6 is 11.6 Å². The van der Waals surface area contributed by atoms with E-state index in [2.05, 4.69) is 10.6 Å². The minimum absolute atomic E-state index is 0.220. The lowest BCUT2D eigenvalue weighted by atomic mass is 10.1. The molecule has 4 N–H and O–H groups in total. The average molecular weight is 430 g/mol. The van der Waals surface area contributed by atoms with Crippen molar-refractivity contribution in [2.24, 2.45) is 5.73 Å². The molecule has 3 rings (SSSR count). The molecule has 0 aromatic heterocycles. The van der Waals surface area contributed by atoms with Gasteiger partial charge in [0.05, 0.1) is 0 Å². The number of nitrogens with one attached hydrogen (secondary N) is 2. The first kappa shape index (κ1) is 21.6. The summed E-state index contributed by atoms with van der Waals surface area (Å²) >= 11 is 5.88. The molecular formula is C21H24ClN5O3. The Hall–Kier alpha value is -3.10. The van der Waals surface area contributed by atoms with E-state index in [4.69, 9.17) is 17.3 Å². The molecular weight excluding hydrogens is 406 g/mol. The van der Waals surface area contributed by atoms with Crippen LogP contribution in [-0.2, 0) is 4.79 Å². The lowest BCUT2D eigenvalue weighted by Gasteiger charge is -2.29. The minimum atomic E-state index is -1.07. The summed E-state index contributed by atoms with van der Waals surface area (Å²) in [5, 5.41) is 5.97. The summed E-state index contributed by atoms with van der Waals surface area (Å²) in [6, 6.07) is 13.3. The van der Waals surface area contributed by atoms with Gasteiger partial charge >= 0.3 is 6.03 Å². The maximum Gasteiger partial charge on any atom is 0.323 e. The van der Waals surface area contributed by atoms with Crippen molar-refractivity contribution in [1.82, 2.24) is 15.1 Å². The topological polar surface area (TPSA) is 108 Å². The molecule has 1 fully saturated rings. The van der Waals surface area contributed by atoms with Crippen molar-refractivity contribution < 1.29 is 14.4 Å². The van der Waals surface area contributed by atoms with Gasteiger partial charge in [-0.3, -0.25) is 14.5 Å². The minimum Gasteiger partial charge on any atom is -0.351 e. The van der Waals surface area contributed by atoms with Gasteiger partial charge in [-0.25, -0.2) is 4.79 Å². The van der Waals surface area contributed by atoms with Crippen LogP contribution in [0.1, 0.15) is 15.9 Å². The molecule has 1 saturated heterocycles. The third-order valence-electron chi connectivity index (χ3n) is 4.73. The summed E-state index contributed by atoms with van der Waals surface area (Å²) in [6.07, 6.45) is -1.07. The van der Waals surface area contributed by atoms with Crippen LogP contribution in [0.3, 0.4) is 0 Å². The molecule has 0 aliphatic carbocycles. The van der Waals surface area contributed by atoms with E-state index in [1.165, 1.54) is 9.80 Å². The molecule has 2 aromatic rings. The van der Waals surface area contributed by atoms with Crippen LogP contribution in [0.5, 0.6) is 0 Å². The monoisotopic (exact) mass is 429 g/mol. The standard InChI is InChI=1S/C21H24ClN5O3/c1-14-3-2-4-15(13-14)20(29)26-11-12-27(19(26)18(28)24-10-9-23)21(30)25-17-7-5-16(22)6-8-17/h2-8,13,19H,9-12,23H2,1H3,(H,24,28)(H,25,30). The summed E-state index contributed by atoms with van der Waals surface area (Å²) < 4.78 is 0. The van der Waals surface area contributed by atoms with Gasteiger partial charge in [0.1, 0.15) is 0 Å². The van der Waals surface area contributed by atoms with Gasteiger partial charge in [-0.05, 0) is 43.3 Å². The second-order valence-electron chi connectivity index (χ2n) is 6.95. The smallest absolute Gasteiger partial charge is 0.323 e. The van der Waals surface area contributed by atoms with Crippen molar-refractivity contribution in [2.45, 2.75) is 13.1 Å². The van der Waals surface area contributed by atoms with Gasteiger partial charge in [-0.2, -0.15) is 0 Å². The highest BCUT2D eigenvalue weighted by molar-refractivity contribution is 6.30. The molecule has 0 saturated carbocycles. The second kappa shape index (κ2) is 9.60. The Morgan fingerprint density at radius 1 is 1.10 bits per heavy atom. The van der Waals surface area contributed by atoms with Gasteiger partial charge in [-0.15, -0.1) is 0 Å². The first-order valence-corrected chi connectivity index (χ1v) is 9.97. The number of urea groups is 1. The van der Waals surface area contributed by atoms with Crippen LogP contribution in [0.2, 0.25) is 5.02 Å². The lowest BCUT2D eigenvalue weighted by molar-refractivity contribution is -0.127. The van der Waals surface area contributed by atoms with Gasteiger partial charge in [0.2, 0.25) is 0 Å². The van der Waals surface area contributed by atoms with Crippen LogP contribution < -0.4 is 16.4 Å². The fourth-order valence-electron chi connectivity index (χ4n) is 3.30. The van der Waals surface area contributed by atoms with E-state index in [-0.39, 0.29) is 32.1 Å². The van der Waals surface area contributed by atoms with E-state index >= 15 is 0 Å². The van der Waals surface area contributed by atoms with Crippen molar-refractivity contribution >= 4 is 35.1 Å². The molecule has 4 amide bonds. The van der Waals surface area contributed by atoms with Gasteiger partial charge < -0.3 is 21.3 Å². The van der Waals surface area contributed by atoms with E-state index in [1.807, 2.05) is 13.0 Å². The number of anilines is 1. The maximum absolute atomic E-state index is 13.1. The number of carbonyl (C=O) groups excluding carboxylic acids is 3. The first-order valence-electron chi connectivity index (χ1n) is 9.59. The van der Waals surface area contributed by atoms with E-state index in [0.29, 0.717) is 16.3 Å². The average Bonchev–Trinajstić information content (AvgIpc) is 3.18. The van der Waals surface area contributed by atoms with E-state index in [9.17, 15) is 14.4 Å². The molecule has 9 heteroatoms. The SMILES string of the molecule is Cc1cccc(C(=O)N2CCN(C(=O)Nc3ccc(Cl)cc3)C2C(=O)NCCN)c1. The number of hydrogen-bond acceptors (Lipinski definition) is 4. The number of nitrogens with zero attached hydrogens (tertiary/aromatic N) is 2. The summed E-state index contributed by atoms with van der Waals surface area (Å²) in [5.41, 5.74) is 7.42. The Kier molecular flexibility index (Phi) is 6.91. The van der Waals surface area contributed by atoms with Crippen molar-refractivity contribution in [1.29, 1.82) is 0 Å². The Bertz CT molecular complexity index is 934. The molecule has 30 heavy (non-hydrogen) atoms. The van der Waals surface area contributed by atoms with Crippen LogP contribution in [0.25, 0.3) is 0 Å². The van der Waals surface area contributed by atoms with Crippen LogP contribution in [0, 0.1) is 6.92 Å². The first-order chi connectivity index (χ1) is 14.4. The molecule has 0 radical (unpaired) electrons. The van der Waals surface area contributed by atoms with Gasteiger partial charge in [0, 0.05) is 42.5 Å². The molecule has 1 atom stereocenters. The van der Waals surface area contributed by atoms with Crippen molar-refractivity contribution in [3.63, 3.8) is 0 Å². The number of nitrogens with two attached hydrogens (primary N) is 1. The maximum atomic E-state index is 13.1. The Labute approximate surface area is 180 Å². The Balaban J connectivity index is 1.83. The van der Waals surface area contributed by atoms with E-state index < -0.39 is 18.1 Å².